The highest BCUT2D eigenvalue weighted by Gasteiger charge is 2.21. The van der Waals surface area contributed by atoms with Gasteiger partial charge in [0.25, 0.3) is 0 Å². The normalized spacial score (nSPS) is 15.6. The molecule has 0 saturated carbocycles. The van der Waals surface area contributed by atoms with Crippen LogP contribution in [0.1, 0.15) is 37.8 Å². The van der Waals surface area contributed by atoms with Crippen molar-refractivity contribution in [3.63, 3.8) is 0 Å². The molecule has 2 amide bonds. The average Bonchev–Trinajstić information content (AvgIpc) is 2.90. The lowest BCUT2D eigenvalue weighted by Crippen LogP contribution is -2.46. The summed E-state index contributed by atoms with van der Waals surface area (Å²) in [5, 5.41) is 6.26. The summed E-state index contributed by atoms with van der Waals surface area (Å²) in [6.45, 7) is 6.52. The Morgan fingerprint density at radius 3 is 2.29 bits per heavy atom. The molecule has 0 spiro atoms. The predicted molar refractivity (Wildman–Crippen MR) is 146 cm³/mol. The molecule has 0 radical (unpaired) electrons. The van der Waals surface area contributed by atoms with Gasteiger partial charge in [-0.25, -0.2) is 4.79 Å². The fraction of sp³-hybridized carbons (Fsp3) is 0.367. The van der Waals surface area contributed by atoms with Crippen molar-refractivity contribution in [3.8, 4) is 11.1 Å². The highest BCUT2D eigenvalue weighted by atomic mass is 16.2. The third-order valence-corrected chi connectivity index (χ3v) is 7.11. The van der Waals surface area contributed by atoms with E-state index in [0.717, 1.165) is 62.3 Å². The van der Waals surface area contributed by atoms with Crippen LogP contribution in [0.25, 0.3) is 11.1 Å². The van der Waals surface area contributed by atoms with Crippen LogP contribution in [0.5, 0.6) is 0 Å². The molecule has 35 heavy (non-hydrogen) atoms. The molecular weight excluding hydrogens is 432 g/mol. The lowest BCUT2D eigenvalue weighted by Gasteiger charge is -2.33. The van der Waals surface area contributed by atoms with Crippen LogP contribution in [-0.2, 0) is 0 Å². The number of hydrogen-bond donors (Lipinski definition) is 2. The van der Waals surface area contributed by atoms with E-state index in [1.165, 1.54) is 5.56 Å². The fourth-order valence-electron chi connectivity index (χ4n) is 4.83. The molecule has 0 aliphatic carbocycles. The van der Waals surface area contributed by atoms with Gasteiger partial charge in [0.1, 0.15) is 0 Å². The Morgan fingerprint density at radius 1 is 0.943 bits per heavy atom. The summed E-state index contributed by atoms with van der Waals surface area (Å²) >= 11 is 0. The molecule has 0 unspecified atom stereocenters. The number of carbonyl (C=O) groups excluding carboxylic acids is 1. The molecule has 1 saturated heterocycles. The van der Waals surface area contributed by atoms with Crippen molar-refractivity contribution in [1.82, 2.24) is 15.1 Å². The zero-order chi connectivity index (χ0) is 24.5. The van der Waals surface area contributed by atoms with Gasteiger partial charge in [-0.3, -0.25) is 4.90 Å². The standard InChI is InChI=1S/C30H38N4O/c1-24(25-12-5-3-6-13-25)33(2)20-11-21-34-22-18-27(19-23-34)31-30(35)32-29-17-10-9-16-28(29)26-14-7-4-8-15-26/h3-10,12-17,24,27H,11,18-23H2,1-2H3,(H2,31,32,35)/t24-/m0/s1. The van der Waals surface area contributed by atoms with Crippen LogP contribution < -0.4 is 10.6 Å². The summed E-state index contributed by atoms with van der Waals surface area (Å²) in [6, 6.07) is 29.3. The van der Waals surface area contributed by atoms with Crippen LogP contribution in [0.3, 0.4) is 0 Å². The highest BCUT2D eigenvalue weighted by molar-refractivity contribution is 5.94. The van der Waals surface area contributed by atoms with Gasteiger partial charge in [-0.15, -0.1) is 0 Å². The van der Waals surface area contributed by atoms with E-state index in [1.54, 1.807) is 0 Å². The molecule has 4 rings (SSSR count). The lowest BCUT2D eigenvalue weighted by molar-refractivity contribution is 0.179. The first kappa shape index (κ1) is 25.0. The zero-order valence-electron chi connectivity index (χ0n) is 21.0. The Bertz CT molecular complexity index is 1050. The van der Waals surface area contributed by atoms with Crippen molar-refractivity contribution in [2.24, 2.45) is 0 Å². The van der Waals surface area contributed by atoms with Crippen LogP contribution in [0.15, 0.2) is 84.9 Å². The zero-order valence-corrected chi connectivity index (χ0v) is 21.0. The van der Waals surface area contributed by atoms with Gasteiger partial charge >= 0.3 is 6.03 Å². The topological polar surface area (TPSA) is 47.6 Å². The molecule has 2 N–H and O–H groups in total. The number of para-hydroxylation sites is 1. The van der Waals surface area contributed by atoms with E-state index in [0.29, 0.717) is 6.04 Å². The smallest absolute Gasteiger partial charge is 0.319 e. The van der Waals surface area contributed by atoms with Gasteiger partial charge in [-0.2, -0.15) is 0 Å². The SMILES string of the molecule is C[C@@H](c1ccccc1)N(C)CCCN1CCC(NC(=O)Nc2ccccc2-c2ccccc2)CC1. The number of nitrogens with zero attached hydrogens (tertiary/aromatic N) is 2. The van der Waals surface area contributed by atoms with Gasteiger partial charge in [0, 0.05) is 30.7 Å². The molecule has 0 bridgehead atoms. The average molecular weight is 471 g/mol. The van der Waals surface area contributed by atoms with Crippen molar-refractivity contribution in [2.75, 3.05) is 38.5 Å². The fourth-order valence-corrected chi connectivity index (χ4v) is 4.83. The molecule has 1 aliphatic heterocycles. The number of likely N-dealkylation sites (tertiary alicyclic amines) is 1. The van der Waals surface area contributed by atoms with Crippen LogP contribution in [-0.4, -0.2) is 55.1 Å². The van der Waals surface area contributed by atoms with Crippen molar-refractivity contribution in [1.29, 1.82) is 0 Å². The van der Waals surface area contributed by atoms with Crippen LogP contribution in [0, 0.1) is 0 Å². The molecule has 3 aromatic carbocycles. The molecule has 1 heterocycles. The number of nitrogens with one attached hydrogen (secondary N) is 2. The third kappa shape index (κ3) is 7.17. The molecule has 5 heteroatoms. The van der Waals surface area contributed by atoms with Crippen LogP contribution >= 0.6 is 0 Å². The minimum absolute atomic E-state index is 0.122. The minimum Gasteiger partial charge on any atom is -0.335 e. The van der Waals surface area contributed by atoms with E-state index >= 15 is 0 Å². The van der Waals surface area contributed by atoms with Crippen LogP contribution in [0.2, 0.25) is 0 Å². The minimum atomic E-state index is -0.122. The molecule has 5 nitrogen and oxygen atoms in total. The van der Waals surface area contributed by atoms with Gasteiger partial charge < -0.3 is 15.5 Å². The number of carbonyl (C=O) groups is 1. The molecule has 1 atom stereocenters. The largest absolute Gasteiger partial charge is 0.335 e. The first-order valence-electron chi connectivity index (χ1n) is 12.8. The Hall–Kier alpha value is -3.15. The summed E-state index contributed by atoms with van der Waals surface area (Å²) < 4.78 is 0. The number of hydrogen-bond acceptors (Lipinski definition) is 3. The van der Waals surface area contributed by atoms with E-state index in [4.69, 9.17) is 0 Å². The Kier molecular flexibility index (Phi) is 8.93. The number of rotatable bonds is 9. The second-order valence-corrected chi connectivity index (χ2v) is 9.55. The van der Waals surface area contributed by atoms with Gasteiger partial charge in [0.05, 0.1) is 5.69 Å². The summed E-state index contributed by atoms with van der Waals surface area (Å²) in [6.07, 6.45) is 3.14. The van der Waals surface area contributed by atoms with Gasteiger partial charge in [-0.1, -0.05) is 78.9 Å². The number of anilines is 1. The van der Waals surface area contributed by atoms with E-state index in [-0.39, 0.29) is 12.1 Å². The second kappa shape index (κ2) is 12.5. The van der Waals surface area contributed by atoms with E-state index < -0.39 is 0 Å². The predicted octanol–water partition coefficient (Wildman–Crippen LogP) is 6.02. The summed E-state index contributed by atoms with van der Waals surface area (Å²) in [5.74, 6) is 0. The highest BCUT2D eigenvalue weighted by Crippen LogP contribution is 2.27. The quantitative estimate of drug-likeness (QED) is 0.402. The van der Waals surface area contributed by atoms with E-state index in [9.17, 15) is 4.79 Å². The van der Waals surface area contributed by atoms with Crippen molar-refractivity contribution in [2.45, 2.75) is 38.3 Å². The number of urea groups is 1. The van der Waals surface area contributed by atoms with Gasteiger partial charge in [-0.05, 0) is 63.5 Å². The summed E-state index contributed by atoms with van der Waals surface area (Å²) in [4.78, 5) is 17.7. The number of benzene rings is 3. The van der Waals surface area contributed by atoms with E-state index in [2.05, 4.69) is 76.9 Å². The maximum absolute atomic E-state index is 12.7. The first-order valence-corrected chi connectivity index (χ1v) is 12.8. The van der Waals surface area contributed by atoms with Gasteiger partial charge in [0.2, 0.25) is 0 Å². The van der Waals surface area contributed by atoms with Crippen molar-refractivity contribution >= 4 is 11.7 Å². The Labute approximate surface area is 210 Å². The molecule has 184 valence electrons. The molecule has 3 aromatic rings. The maximum atomic E-state index is 12.7. The number of piperidine rings is 1. The molecule has 1 fully saturated rings. The third-order valence-electron chi connectivity index (χ3n) is 7.11. The Morgan fingerprint density at radius 2 is 1.57 bits per heavy atom. The second-order valence-electron chi connectivity index (χ2n) is 9.55. The lowest BCUT2D eigenvalue weighted by atomic mass is 10.0. The summed E-state index contributed by atoms with van der Waals surface area (Å²) in [5.41, 5.74) is 4.33. The van der Waals surface area contributed by atoms with Crippen molar-refractivity contribution in [3.05, 3.63) is 90.5 Å². The molecule has 1 aliphatic rings. The molecule has 0 aromatic heterocycles. The van der Waals surface area contributed by atoms with Crippen molar-refractivity contribution < 1.29 is 4.79 Å². The summed E-state index contributed by atoms with van der Waals surface area (Å²) in [7, 11) is 2.21. The maximum Gasteiger partial charge on any atom is 0.319 e. The Balaban J connectivity index is 1.18. The van der Waals surface area contributed by atoms with Gasteiger partial charge in [0.15, 0.2) is 0 Å². The first-order chi connectivity index (χ1) is 17.1. The van der Waals surface area contributed by atoms with E-state index in [1.807, 2.05) is 42.5 Å². The monoisotopic (exact) mass is 470 g/mol. The van der Waals surface area contributed by atoms with Crippen LogP contribution in [0.4, 0.5) is 10.5 Å². The number of amides is 2. The molecular formula is C30H38N4O.